The number of carbonyl (C=O) groups excluding carboxylic acids is 1. The number of amides is 1. The van der Waals surface area contributed by atoms with Crippen LogP contribution in [0.3, 0.4) is 0 Å². The SMILES string of the molecule is Cc1cc(=O)c(C(=O)NC2CCN(S(C)(=O)=O)CC2)nn1-c1cccc(C(F)(F)F)c1. The molecule has 31 heavy (non-hydrogen) atoms. The summed E-state index contributed by atoms with van der Waals surface area (Å²) >= 11 is 0. The Morgan fingerprint density at radius 3 is 2.42 bits per heavy atom. The summed E-state index contributed by atoms with van der Waals surface area (Å²) in [5.74, 6) is -0.761. The number of piperidine rings is 1. The molecule has 0 atom stereocenters. The van der Waals surface area contributed by atoms with Gasteiger partial charge >= 0.3 is 6.18 Å². The molecule has 12 heteroatoms. The summed E-state index contributed by atoms with van der Waals surface area (Å²) in [4.78, 5) is 24.9. The van der Waals surface area contributed by atoms with Gasteiger partial charge in [0.2, 0.25) is 15.5 Å². The van der Waals surface area contributed by atoms with E-state index in [9.17, 15) is 31.2 Å². The van der Waals surface area contributed by atoms with E-state index in [4.69, 9.17) is 0 Å². The van der Waals surface area contributed by atoms with Crippen LogP contribution in [0.25, 0.3) is 5.69 Å². The van der Waals surface area contributed by atoms with E-state index in [0.717, 1.165) is 29.1 Å². The quantitative estimate of drug-likeness (QED) is 0.752. The van der Waals surface area contributed by atoms with Crippen LogP contribution in [0.1, 0.15) is 34.6 Å². The highest BCUT2D eigenvalue weighted by molar-refractivity contribution is 7.88. The Kier molecular flexibility index (Phi) is 6.23. The van der Waals surface area contributed by atoms with E-state index in [2.05, 4.69) is 10.4 Å². The summed E-state index contributed by atoms with van der Waals surface area (Å²) in [6.45, 7) is 1.97. The van der Waals surface area contributed by atoms with Gasteiger partial charge in [-0.1, -0.05) is 6.07 Å². The summed E-state index contributed by atoms with van der Waals surface area (Å²) in [6, 6.07) is 5.18. The van der Waals surface area contributed by atoms with Gasteiger partial charge in [0.25, 0.3) is 5.91 Å². The van der Waals surface area contributed by atoms with Crippen LogP contribution in [-0.4, -0.2) is 53.8 Å². The molecule has 1 fully saturated rings. The lowest BCUT2D eigenvalue weighted by atomic mass is 10.1. The van der Waals surface area contributed by atoms with Crippen LogP contribution in [0.15, 0.2) is 35.1 Å². The van der Waals surface area contributed by atoms with Gasteiger partial charge < -0.3 is 5.32 Å². The van der Waals surface area contributed by atoms with Crippen LogP contribution in [0.2, 0.25) is 0 Å². The molecule has 0 spiro atoms. The third-order valence-electron chi connectivity index (χ3n) is 5.00. The Labute approximate surface area is 176 Å². The van der Waals surface area contributed by atoms with Crippen molar-refractivity contribution in [3.05, 3.63) is 57.5 Å². The number of benzene rings is 1. The second-order valence-electron chi connectivity index (χ2n) is 7.37. The van der Waals surface area contributed by atoms with Crippen LogP contribution >= 0.6 is 0 Å². The maximum atomic E-state index is 13.0. The summed E-state index contributed by atoms with van der Waals surface area (Å²) in [5, 5.41) is 6.67. The van der Waals surface area contributed by atoms with Crippen LogP contribution in [0.4, 0.5) is 13.2 Å². The van der Waals surface area contributed by atoms with E-state index in [1.54, 1.807) is 0 Å². The third-order valence-corrected chi connectivity index (χ3v) is 6.30. The maximum Gasteiger partial charge on any atom is 0.416 e. The van der Waals surface area contributed by atoms with Crippen LogP contribution in [0, 0.1) is 6.92 Å². The fourth-order valence-corrected chi connectivity index (χ4v) is 4.24. The molecule has 1 aliphatic heterocycles. The van der Waals surface area contributed by atoms with Crippen molar-refractivity contribution in [2.75, 3.05) is 19.3 Å². The van der Waals surface area contributed by atoms with E-state index in [-0.39, 0.29) is 30.5 Å². The standard InChI is InChI=1S/C19H21F3N4O4S/c1-12-10-16(27)17(18(28)23-14-6-8-25(9-7-14)31(2,29)30)24-26(12)15-5-3-4-13(11-15)19(20,21)22/h3-5,10-11,14H,6-9H2,1-2H3,(H,23,28). The molecule has 2 heterocycles. The van der Waals surface area contributed by atoms with E-state index < -0.39 is 38.8 Å². The minimum atomic E-state index is -4.55. The lowest BCUT2D eigenvalue weighted by Crippen LogP contribution is -2.47. The molecule has 1 aromatic carbocycles. The molecule has 0 saturated carbocycles. The molecule has 8 nitrogen and oxygen atoms in total. The van der Waals surface area contributed by atoms with Gasteiger partial charge in [-0.25, -0.2) is 17.4 Å². The highest BCUT2D eigenvalue weighted by Gasteiger charge is 2.31. The van der Waals surface area contributed by atoms with Gasteiger partial charge in [-0.3, -0.25) is 9.59 Å². The second-order valence-corrected chi connectivity index (χ2v) is 9.35. The van der Waals surface area contributed by atoms with Crippen molar-refractivity contribution in [2.45, 2.75) is 32.0 Å². The molecule has 0 unspecified atom stereocenters. The van der Waals surface area contributed by atoms with E-state index in [0.29, 0.717) is 12.8 Å². The van der Waals surface area contributed by atoms with Crippen LogP contribution < -0.4 is 10.7 Å². The second kappa shape index (κ2) is 8.42. The third kappa shape index (κ3) is 5.31. The first kappa shape index (κ1) is 22.9. The molecule has 1 aromatic heterocycles. The normalized spacial score (nSPS) is 16.3. The number of halogens is 3. The first-order valence-corrected chi connectivity index (χ1v) is 11.3. The summed E-state index contributed by atoms with van der Waals surface area (Å²) in [7, 11) is -3.32. The molecule has 1 aliphatic rings. The molecule has 1 saturated heterocycles. The number of hydrogen-bond donors (Lipinski definition) is 1. The number of aromatic nitrogens is 2. The summed E-state index contributed by atoms with van der Waals surface area (Å²) in [6.07, 6.45) is -2.71. The van der Waals surface area contributed by atoms with Crippen LogP contribution in [0.5, 0.6) is 0 Å². The van der Waals surface area contributed by atoms with Gasteiger partial charge in [-0.05, 0) is 38.0 Å². The van der Waals surface area contributed by atoms with Gasteiger partial charge in [-0.15, -0.1) is 0 Å². The fourth-order valence-electron chi connectivity index (χ4n) is 3.37. The predicted octanol–water partition coefficient (Wildman–Crippen LogP) is 1.71. The Morgan fingerprint density at radius 2 is 1.84 bits per heavy atom. The van der Waals surface area contributed by atoms with Gasteiger partial charge in [0.1, 0.15) is 0 Å². The summed E-state index contributed by atoms with van der Waals surface area (Å²) in [5.41, 5.74) is -1.67. The van der Waals surface area contributed by atoms with Gasteiger partial charge in [0.15, 0.2) is 5.69 Å². The Morgan fingerprint density at radius 1 is 1.19 bits per heavy atom. The minimum Gasteiger partial charge on any atom is -0.348 e. The number of nitrogens with one attached hydrogen (secondary N) is 1. The molecule has 2 aromatic rings. The molecule has 168 valence electrons. The molecule has 0 bridgehead atoms. The number of carbonyl (C=O) groups is 1. The first-order chi connectivity index (χ1) is 14.4. The van der Waals surface area contributed by atoms with Crippen molar-refractivity contribution < 1.29 is 26.4 Å². The smallest absolute Gasteiger partial charge is 0.348 e. The number of sulfonamides is 1. The van der Waals surface area contributed by atoms with Gasteiger partial charge in [-0.2, -0.15) is 18.3 Å². The number of aryl methyl sites for hydroxylation is 1. The van der Waals surface area contributed by atoms with Crippen molar-refractivity contribution in [1.82, 2.24) is 19.4 Å². The monoisotopic (exact) mass is 458 g/mol. The Balaban J connectivity index is 1.83. The molecule has 1 N–H and O–H groups in total. The van der Waals surface area contributed by atoms with Crippen molar-refractivity contribution in [3.8, 4) is 5.69 Å². The topological polar surface area (TPSA) is 101 Å². The maximum absolute atomic E-state index is 13.0. The Bertz CT molecular complexity index is 1150. The molecular formula is C19H21F3N4O4S. The number of nitrogens with zero attached hydrogens (tertiary/aromatic N) is 3. The molecule has 0 radical (unpaired) electrons. The van der Waals surface area contributed by atoms with E-state index in [1.165, 1.54) is 23.4 Å². The number of rotatable bonds is 4. The van der Waals surface area contributed by atoms with E-state index in [1.807, 2.05) is 0 Å². The zero-order valence-electron chi connectivity index (χ0n) is 16.8. The van der Waals surface area contributed by atoms with Gasteiger partial charge in [0, 0.05) is 30.9 Å². The molecule has 0 aliphatic carbocycles. The Hall–Kier alpha value is -2.73. The lowest BCUT2D eigenvalue weighted by Gasteiger charge is -2.30. The lowest BCUT2D eigenvalue weighted by molar-refractivity contribution is -0.137. The minimum absolute atomic E-state index is 0.0582. The average molecular weight is 458 g/mol. The van der Waals surface area contributed by atoms with Crippen LogP contribution in [-0.2, 0) is 16.2 Å². The van der Waals surface area contributed by atoms with Crippen molar-refractivity contribution in [2.24, 2.45) is 0 Å². The highest BCUT2D eigenvalue weighted by atomic mass is 32.2. The zero-order valence-corrected chi connectivity index (χ0v) is 17.6. The van der Waals surface area contributed by atoms with Crippen molar-refractivity contribution >= 4 is 15.9 Å². The summed E-state index contributed by atoms with van der Waals surface area (Å²) < 4.78 is 64.7. The fraction of sp³-hybridized carbons (Fsp3) is 0.421. The van der Waals surface area contributed by atoms with Gasteiger partial charge in [0.05, 0.1) is 17.5 Å². The number of alkyl halides is 3. The largest absolute Gasteiger partial charge is 0.416 e. The predicted molar refractivity (Wildman–Crippen MR) is 106 cm³/mol. The first-order valence-electron chi connectivity index (χ1n) is 9.41. The number of hydrogen-bond acceptors (Lipinski definition) is 5. The van der Waals surface area contributed by atoms with E-state index >= 15 is 0 Å². The highest BCUT2D eigenvalue weighted by Crippen LogP contribution is 2.30. The zero-order chi connectivity index (χ0) is 23.0. The molecule has 3 rings (SSSR count). The molecular weight excluding hydrogens is 437 g/mol. The molecule has 1 amide bonds. The van der Waals surface area contributed by atoms with Crippen molar-refractivity contribution in [3.63, 3.8) is 0 Å². The average Bonchev–Trinajstić information content (AvgIpc) is 2.67. The van der Waals surface area contributed by atoms with Crippen molar-refractivity contribution in [1.29, 1.82) is 0 Å².